The molecule has 25 heavy (non-hydrogen) atoms. The average molecular weight is 337 g/mol. The van der Waals surface area contributed by atoms with Gasteiger partial charge in [-0.05, 0) is 43.5 Å². The minimum absolute atomic E-state index is 0.0125. The number of unbranched alkanes of at least 4 members (excludes halogenated alkanes) is 1. The zero-order valence-electron chi connectivity index (χ0n) is 14.7. The predicted octanol–water partition coefficient (Wildman–Crippen LogP) is 4.18. The minimum Gasteiger partial charge on any atom is -0.495 e. The first-order valence-corrected chi connectivity index (χ1v) is 8.55. The summed E-state index contributed by atoms with van der Waals surface area (Å²) in [4.78, 5) is 12.5. The molecule has 4 nitrogen and oxygen atoms in total. The van der Waals surface area contributed by atoms with Crippen LogP contribution < -0.4 is 15.0 Å². The average Bonchev–Trinajstić information content (AvgIpc) is 2.64. The number of aryl methyl sites for hydroxylation is 2. The van der Waals surface area contributed by atoms with Gasteiger partial charge in [0.05, 0.1) is 19.2 Å². The second-order valence-corrected chi connectivity index (χ2v) is 6.04. The molecule has 0 radical (unpaired) electrons. The van der Waals surface area contributed by atoms with Gasteiger partial charge in [-0.25, -0.2) is 0 Å². The van der Waals surface area contributed by atoms with Crippen molar-refractivity contribution < 1.29 is 9.47 Å². The molecule has 0 spiro atoms. The van der Waals surface area contributed by atoms with Crippen LogP contribution in [0.4, 0.5) is 0 Å². The maximum Gasteiger partial charge on any atom is 0.251 e. The third-order valence-electron chi connectivity index (χ3n) is 4.31. The van der Waals surface area contributed by atoms with Crippen LogP contribution in [0.2, 0.25) is 0 Å². The van der Waals surface area contributed by atoms with E-state index in [1.165, 1.54) is 0 Å². The molecule has 4 heteroatoms. The summed E-state index contributed by atoms with van der Waals surface area (Å²) in [5.41, 5.74) is 1.86. The summed E-state index contributed by atoms with van der Waals surface area (Å²) in [5.74, 6) is 1.61. The van der Waals surface area contributed by atoms with Crippen LogP contribution in [0, 0.1) is 6.92 Å². The Labute approximate surface area is 147 Å². The molecule has 130 valence electrons. The molecule has 0 saturated carbocycles. The molecular weight excluding hydrogens is 314 g/mol. The second-order valence-electron chi connectivity index (χ2n) is 6.04. The summed E-state index contributed by atoms with van der Waals surface area (Å²) in [5, 5.41) is 1.06. The number of ether oxygens (including phenoxy) is 2. The van der Waals surface area contributed by atoms with Gasteiger partial charge in [-0.2, -0.15) is 0 Å². The van der Waals surface area contributed by atoms with Crippen molar-refractivity contribution in [3.63, 3.8) is 0 Å². The van der Waals surface area contributed by atoms with Crippen molar-refractivity contribution in [1.82, 2.24) is 4.57 Å². The Morgan fingerprint density at radius 3 is 2.56 bits per heavy atom. The molecule has 3 rings (SSSR count). The fourth-order valence-electron chi connectivity index (χ4n) is 3.04. The topological polar surface area (TPSA) is 40.5 Å². The fraction of sp³-hybridized carbons (Fsp3) is 0.286. The number of nitrogens with zero attached hydrogens (tertiary/aromatic N) is 1. The standard InChI is InChI=1S/C21H23NO3/c1-16-15-20(23)22(21-18(16)11-8-12-19(21)24-2)13-6-7-14-25-17-9-4-3-5-10-17/h3-5,8-12,15H,6-7,13-14H2,1-2H3. The van der Waals surface area contributed by atoms with E-state index in [1.54, 1.807) is 13.2 Å². The smallest absolute Gasteiger partial charge is 0.251 e. The lowest BCUT2D eigenvalue weighted by Gasteiger charge is -2.15. The zero-order valence-corrected chi connectivity index (χ0v) is 14.7. The highest BCUT2D eigenvalue weighted by molar-refractivity contribution is 5.87. The van der Waals surface area contributed by atoms with Crippen LogP contribution in [0.15, 0.2) is 59.4 Å². The van der Waals surface area contributed by atoms with E-state index in [-0.39, 0.29) is 5.56 Å². The maximum atomic E-state index is 12.5. The first-order valence-electron chi connectivity index (χ1n) is 8.55. The fourth-order valence-corrected chi connectivity index (χ4v) is 3.04. The molecule has 0 aliphatic rings. The molecule has 1 aromatic heterocycles. The van der Waals surface area contributed by atoms with Crippen molar-refractivity contribution in [1.29, 1.82) is 0 Å². The number of benzene rings is 2. The monoisotopic (exact) mass is 337 g/mol. The Hall–Kier alpha value is -2.75. The highest BCUT2D eigenvalue weighted by Crippen LogP contribution is 2.26. The molecule has 0 bridgehead atoms. The first-order chi connectivity index (χ1) is 12.2. The van der Waals surface area contributed by atoms with Gasteiger partial charge in [0.2, 0.25) is 0 Å². The van der Waals surface area contributed by atoms with Gasteiger partial charge >= 0.3 is 0 Å². The molecule has 0 aliphatic carbocycles. The van der Waals surface area contributed by atoms with Crippen LogP contribution in [0.25, 0.3) is 10.9 Å². The quantitative estimate of drug-likeness (QED) is 0.607. The lowest BCUT2D eigenvalue weighted by atomic mass is 10.1. The first kappa shape index (κ1) is 17.1. The lowest BCUT2D eigenvalue weighted by molar-refractivity contribution is 0.303. The van der Waals surface area contributed by atoms with Crippen LogP contribution >= 0.6 is 0 Å². The SMILES string of the molecule is COc1cccc2c(C)cc(=O)n(CCCCOc3ccccc3)c12. The molecule has 0 unspecified atom stereocenters. The number of fused-ring (bicyclic) bond motifs is 1. The number of rotatable bonds is 7. The van der Waals surface area contributed by atoms with Gasteiger partial charge in [0.15, 0.2) is 0 Å². The largest absolute Gasteiger partial charge is 0.495 e. The Bertz CT molecular complexity index is 900. The van der Waals surface area contributed by atoms with Crippen LogP contribution in [-0.2, 0) is 6.54 Å². The van der Waals surface area contributed by atoms with E-state index < -0.39 is 0 Å². The highest BCUT2D eigenvalue weighted by atomic mass is 16.5. The Balaban J connectivity index is 1.72. The third-order valence-corrected chi connectivity index (χ3v) is 4.31. The maximum absolute atomic E-state index is 12.5. The van der Waals surface area contributed by atoms with Crippen molar-refractivity contribution in [2.75, 3.05) is 13.7 Å². The highest BCUT2D eigenvalue weighted by Gasteiger charge is 2.10. The van der Waals surface area contributed by atoms with Gasteiger partial charge in [-0.1, -0.05) is 30.3 Å². The van der Waals surface area contributed by atoms with E-state index in [0.29, 0.717) is 13.2 Å². The van der Waals surface area contributed by atoms with Gasteiger partial charge in [0, 0.05) is 18.0 Å². The molecule has 1 heterocycles. The molecule has 2 aromatic carbocycles. The summed E-state index contributed by atoms with van der Waals surface area (Å²) in [6.45, 7) is 3.25. The van der Waals surface area contributed by atoms with Gasteiger partial charge in [0.1, 0.15) is 11.5 Å². The number of methoxy groups -OCH3 is 1. The Morgan fingerprint density at radius 1 is 1.00 bits per heavy atom. The summed E-state index contributed by atoms with van der Waals surface area (Å²) in [7, 11) is 1.64. The molecule has 3 aromatic rings. The van der Waals surface area contributed by atoms with Crippen molar-refractivity contribution in [3.05, 3.63) is 70.5 Å². The predicted molar refractivity (Wildman–Crippen MR) is 101 cm³/mol. The van der Waals surface area contributed by atoms with Crippen LogP contribution in [0.3, 0.4) is 0 Å². The molecule has 0 N–H and O–H groups in total. The zero-order chi connectivity index (χ0) is 17.6. The third kappa shape index (κ3) is 3.85. The van der Waals surface area contributed by atoms with E-state index in [9.17, 15) is 4.79 Å². The van der Waals surface area contributed by atoms with E-state index >= 15 is 0 Å². The Morgan fingerprint density at radius 2 is 1.80 bits per heavy atom. The summed E-state index contributed by atoms with van der Waals surface area (Å²) in [6.07, 6.45) is 1.74. The van der Waals surface area contributed by atoms with E-state index in [2.05, 4.69) is 0 Å². The van der Waals surface area contributed by atoms with Crippen LogP contribution in [-0.4, -0.2) is 18.3 Å². The van der Waals surface area contributed by atoms with Crippen molar-refractivity contribution in [2.45, 2.75) is 26.3 Å². The number of hydrogen-bond donors (Lipinski definition) is 0. The van der Waals surface area contributed by atoms with Crippen molar-refractivity contribution >= 4 is 10.9 Å². The summed E-state index contributed by atoms with van der Waals surface area (Å²) in [6, 6.07) is 17.4. The normalized spacial score (nSPS) is 10.8. The van der Waals surface area contributed by atoms with E-state index in [0.717, 1.165) is 40.8 Å². The van der Waals surface area contributed by atoms with E-state index in [1.807, 2.05) is 60.0 Å². The second kappa shape index (κ2) is 7.88. The number of pyridine rings is 1. The molecular formula is C21H23NO3. The van der Waals surface area contributed by atoms with Crippen LogP contribution in [0.5, 0.6) is 11.5 Å². The van der Waals surface area contributed by atoms with Gasteiger partial charge < -0.3 is 14.0 Å². The summed E-state index contributed by atoms with van der Waals surface area (Å²) < 4.78 is 13.0. The lowest BCUT2D eigenvalue weighted by Crippen LogP contribution is -2.21. The van der Waals surface area contributed by atoms with Crippen molar-refractivity contribution in [2.24, 2.45) is 0 Å². The molecule has 0 amide bonds. The molecule has 0 fully saturated rings. The molecule has 0 atom stereocenters. The van der Waals surface area contributed by atoms with Gasteiger partial charge in [-0.15, -0.1) is 0 Å². The molecule has 0 aliphatic heterocycles. The number of para-hydroxylation sites is 2. The van der Waals surface area contributed by atoms with E-state index in [4.69, 9.17) is 9.47 Å². The molecule has 0 saturated heterocycles. The minimum atomic E-state index is 0.0125. The Kier molecular flexibility index (Phi) is 5.39. The van der Waals surface area contributed by atoms with Gasteiger partial charge in [0.25, 0.3) is 5.56 Å². The van der Waals surface area contributed by atoms with Crippen LogP contribution in [0.1, 0.15) is 18.4 Å². The van der Waals surface area contributed by atoms with Crippen molar-refractivity contribution in [3.8, 4) is 11.5 Å². The number of hydrogen-bond acceptors (Lipinski definition) is 3. The summed E-state index contributed by atoms with van der Waals surface area (Å²) >= 11 is 0. The number of aromatic nitrogens is 1. The van der Waals surface area contributed by atoms with Gasteiger partial charge in [-0.3, -0.25) is 4.79 Å².